The van der Waals surface area contributed by atoms with Crippen molar-refractivity contribution < 1.29 is 13.9 Å². The third-order valence-corrected chi connectivity index (χ3v) is 3.28. The maximum absolute atomic E-state index is 1.50. The highest BCUT2D eigenvalue weighted by Crippen LogP contribution is 2.25. The van der Waals surface area contributed by atoms with Crippen LogP contribution in [0.25, 0.3) is 0 Å². The van der Waals surface area contributed by atoms with Crippen LogP contribution in [0.15, 0.2) is 0 Å². The third-order valence-electron chi connectivity index (χ3n) is 3.28. The van der Waals surface area contributed by atoms with Crippen molar-refractivity contribution in [2.24, 2.45) is 0 Å². The van der Waals surface area contributed by atoms with Crippen molar-refractivity contribution in [3.8, 4) is 0 Å². The minimum Gasteiger partial charge on any atom is -1.00 e. The lowest BCUT2D eigenvalue weighted by molar-refractivity contribution is -0.921. The second kappa shape index (κ2) is 4.75. The Labute approximate surface area is 73.1 Å². The van der Waals surface area contributed by atoms with Crippen molar-refractivity contribution >= 4 is 0 Å². The molecule has 2 fully saturated rings. The monoisotopic (exact) mass is 179 g/mol. The van der Waals surface area contributed by atoms with Gasteiger partial charge in [0.25, 0.3) is 0 Å². The molecule has 0 aliphatic carbocycles. The summed E-state index contributed by atoms with van der Waals surface area (Å²) in [6.07, 6.45) is 7.50. The van der Waals surface area contributed by atoms with Crippen LogP contribution in [-0.4, -0.2) is 30.7 Å². The van der Waals surface area contributed by atoms with E-state index in [0.29, 0.717) is 0 Å². The molecular formula is C9H19F2N. The minimum atomic E-state index is 0. The zero-order valence-corrected chi connectivity index (χ0v) is 7.60. The van der Waals surface area contributed by atoms with E-state index in [9.17, 15) is 0 Å². The Balaban J connectivity index is 0.000000605. The van der Waals surface area contributed by atoms with Gasteiger partial charge >= 0.3 is 0 Å². The van der Waals surface area contributed by atoms with Crippen molar-refractivity contribution in [3.05, 3.63) is 0 Å². The van der Waals surface area contributed by atoms with Crippen LogP contribution in [0.5, 0.6) is 0 Å². The fourth-order valence-corrected chi connectivity index (χ4v) is 2.64. The van der Waals surface area contributed by atoms with E-state index in [2.05, 4.69) is 0 Å². The second-order valence-electron chi connectivity index (χ2n) is 4.00. The van der Waals surface area contributed by atoms with Crippen LogP contribution in [-0.2, 0) is 0 Å². The molecule has 0 N–H and O–H groups in total. The molecule has 74 valence electrons. The number of rotatable bonds is 0. The zero-order chi connectivity index (χ0) is 6.86. The Morgan fingerprint density at radius 1 is 0.583 bits per heavy atom. The van der Waals surface area contributed by atoms with Crippen LogP contribution in [0.1, 0.15) is 32.1 Å². The van der Waals surface area contributed by atoms with E-state index < -0.39 is 0 Å². The summed E-state index contributed by atoms with van der Waals surface area (Å²) in [4.78, 5) is 0. The first-order valence-electron chi connectivity index (χ1n) is 4.76. The molecule has 1 spiro atoms. The normalized spacial score (nSPS) is 26.0. The summed E-state index contributed by atoms with van der Waals surface area (Å²) >= 11 is 0. The molecule has 0 unspecified atom stereocenters. The molecular weight excluding hydrogens is 160 g/mol. The number of piperidine rings is 1. The first-order valence-corrected chi connectivity index (χ1v) is 4.76. The van der Waals surface area contributed by atoms with Gasteiger partial charge in [0.05, 0.1) is 26.2 Å². The Hall–Kier alpha value is -0.180. The fraction of sp³-hybridized carbons (Fsp3) is 1.00. The fourth-order valence-electron chi connectivity index (χ4n) is 2.64. The van der Waals surface area contributed by atoms with Crippen LogP contribution in [0, 0.1) is 0 Å². The highest BCUT2D eigenvalue weighted by atomic mass is 19.0. The van der Waals surface area contributed by atoms with Crippen molar-refractivity contribution in [2.45, 2.75) is 32.1 Å². The Morgan fingerprint density at radius 2 is 0.917 bits per heavy atom. The lowest BCUT2D eigenvalue weighted by Crippen LogP contribution is -3.00. The summed E-state index contributed by atoms with van der Waals surface area (Å²) in [6, 6.07) is 0. The Kier molecular flexibility index (Phi) is 4.68. The molecule has 2 aliphatic heterocycles. The first-order chi connectivity index (χ1) is 4.91. The summed E-state index contributed by atoms with van der Waals surface area (Å²) < 4.78 is 1.50. The van der Waals surface area contributed by atoms with Gasteiger partial charge in [-0.2, -0.15) is 0 Å². The molecule has 2 saturated heterocycles. The van der Waals surface area contributed by atoms with Crippen LogP contribution >= 0.6 is 0 Å². The van der Waals surface area contributed by atoms with Gasteiger partial charge in [-0.1, -0.05) is 0 Å². The second-order valence-corrected chi connectivity index (χ2v) is 4.00. The van der Waals surface area contributed by atoms with Gasteiger partial charge in [0.2, 0.25) is 0 Å². The molecule has 0 saturated carbocycles. The number of nitrogens with zero attached hydrogens (tertiary/aromatic N) is 1. The number of quaternary nitrogens is 1. The van der Waals surface area contributed by atoms with E-state index in [1.807, 2.05) is 0 Å². The van der Waals surface area contributed by atoms with Gasteiger partial charge in [0.1, 0.15) is 0 Å². The summed E-state index contributed by atoms with van der Waals surface area (Å²) in [5, 5.41) is 0. The molecule has 0 aromatic carbocycles. The maximum atomic E-state index is 1.50. The third kappa shape index (κ3) is 2.16. The molecule has 12 heavy (non-hydrogen) atoms. The highest BCUT2D eigenvalue weighted by Gasteiger charge is 2.32. The molecule has 0 radical (unpaired) electrons. The van der Waals surface area contributed by atoms with E-state index in [1.54, 1.807) is 0 Å². The van der Waals surface area contributed by atoms with Crippen molar-refractivity contribution in [1.29, 1.82) is 0 Å². The maximum Gasteiger partial charge on any atom is 0.0788 e. The average Bonchev–Trinajstić information content (AvgIpc) is 2.39. The van der Waals surface area contributed by atoms with Crippen molar-refractivity contribution in [2.75, 3.05) is 26.2 Å². The van der Waals surface area contributed by atoms with Gasteiger partial charge < -0.3 is 9.19 Å². The van der Waals surface area contributed by atoms with Gasteiger partial charge in [-0.25, -0.2) is 0 Å². The van der Waals surface area contributed by atoms with E-state index in [1.165, 1.54) is 62.8 Å². The van der Waals surface area contributed by atoms with Crippen LogP contribution in [0.3, 0.4) is 0 Å². The van der Waals surface area contributed by atoms with E-state index in [-0.39, 0.29) is 9.41 Å². The predicted octanol–water partition coefficient (Wildman–Crippen LogP) is -1.06. The largest absolute Gasteiger partial charge is 1.00 e. The van der Waals surface area contributed by atoms with Crippen LogP contribution < -0.4 is 4.70 Å². The molecule has 0 aromatic rings. The molecule has 0 bridgehead atoms. The molecule has 1 nitrogen and oxygen atoms in total. The number of hydrogen-bond donors (Lipinski definition) is 0. The zero-order valence-electron chi connectivity index (χ0n) is 7.60. The molecule has 3 heteroatoms. The highest BCUT2D eigenvalue weighted by molar-refractivity contribution is 4.59. The molecule has 0 atom stereocenters. The smallest absolute Gasteiger partial charge is 0.0788 e. The molecule has 0 aromatic heterocycles. The van der Waals surface area contributed by atoms with Gasteiger partial charge in [0.15, 0.2) is 0 Å². The summed E-state index contributed by atoms with van der Waals surface area (Å²) in [5.74, 6) is 0. The quantitative estimate of drug-likeness (QED) is 0.416. The molecule has 2 rings (SSSR count). The van der Waals surface area contributed by atoms with Gasteiger partial charge in [0, 0.05) is 12.8 Å². The molecule has 2 heterocycles. The Bertz CT molecular complexity index is 114. The minimum absolute atomic E-state index is 0. The topological polar surface area (TPSA) is 0 Å². The van der Waals surface area contributed by atoms with Crippen LogP contribution in [0.4, 0.5) is 4.70 Å². The van der Waals surface area contributed by atoms with Gasteiger partial charge in [-0.3, -0.25) is 4.70 Å². The molecule has 2 aliphatic rings. The SMILES string of the molecule is C1CC[N+]2(CC1)CCCC2.F.[F-]. The van der Waals surface area contributed by atoms with E-state index in [4.69, 9.17) is 0 Å². The van der Waals surface area contributed by atoms with Crippen molar-refractivity contribution in [1.82, 2.24) is 0 Å². The van der Waals surface area contributed by atoms with Gasteiger partial charge in [-0.15, -0.1) is 0 Å². The standard InChI is InChI=1S/C9H18N.2FH/c1-2-6-10(7-3-1)8-4-5-9-10;;/h1-9H2;2*1H/q+1;;/p-1. The number of halogens is 2. The first kappa shape index (κ1) is 11.8. The summed E-state index contributed by atoms with van der Waals surface area (Å²) in [7, 11) is 0. The van der Waals surface area contributed by atoms with Crippen molar-refractivity contribution in [3.63, 3.8) is 0 Å². The van der Waals surface area contributed by atoms with E-state index >= 15 is 0 Å². The van der Waals surface area contributed by atoms with Gasteiger partial charge in [-0.05, 0) is 19.3 Å². The summed E-state index contributed by atoms with van der Waals surface area (Å²) in [6.45, 7) is 6.00. The lowest BCUT2D eigenvalue weighted by Gasteiger charge is -2.37. The number of hydrogen-bond acceptors (Lipinski definition) is 0. The predicted molar refractivity (Wildman–Crippen MR) is 45.3 cm³/mol. The van der Waals surface area contributed by atoms with Crippen LogP contribution in [0.2, 0.25) is 0 Å². The summed E-state index contributed by atoms with van der Waals surface area (Å²) in [5.41, 5.74) is 0. The Morgan fingerprint density at radius 3 is 1.33 bits per heavy atom. The molecule has 0 amide bonds. The lowest BCUT2D eigenvalue weighted by atomic mass is 10.1. The van der Waals surface area contributed by atoms with E-state index in [0.717, 1.165) is 0 Å². The average molecular weight is 179 g/mol.